The number of benzene rings is 2. The van der Waals surface area contributed by atoms with Crippen molar-refractivity contribution in [3.05, 3.63) is 66.0 Å². The number of thiophene rings is 1. The van der Waals surface area contributed by atoms with Crippen LogP contribution >= 0.6 is 11.3 Å². The van der Waals surface area contributed by atoms with E-state index in [1.165, 1.54) is 5.69 Å². The standard InChI is InChI=1S/C22H22N4S/c1-3-26(4-2)17-13-11-16(12-14-17)23-21-18-8-5-6-9-19(18)24-22(25-21)20-10-7-15-27-20/h5-15H,3-4H2,1-2H3,(H,23,24,25). The van der Waals surface area contributed by atoms with E-state index < -0.39 is 0 Å². The number of rotatable bonds is 6. The summed E-state index contributed by atoms with van der Waals surface area (Å²) >= 11 is 1.65. The molecular weight excluding hydrogens is 352 g/mol. The van der Waals surface area contributed by atoms with Crippen molar-refractivity contribution in [2.75, 3.05) is 23.3 Å². The number of anilines is 3. The van der Waals surface area contributed by atoms with Crippen LogP contribution in [0.3, 0.4) is 0 Å². The fourth-order valence-corrected chi connectivity index (χ4v) is 3.83. The Morgan fingerprint density at radius 3 is 2.37 bits per heavy atom. The average molecular weight is 375 g/mol. The van der Waals surface area contributed by atoms with E-state index in [-0.39, 0.29) is 0 Å². The van der Waals surface area contributed by atoms with E-state index in [0.29, 0.717) is 0 Å². The van der Waals surface area contributed by atoms with E-state index in [1.807, 2.05) is 29.6 Å². The number of hydrogen-bond acceptors (Lipinski definition) is 5. The maximum absolute atomic E-state index is 4.81. The van der Waals surface area contributed by atoms with Gasteiger partial charge in [-0.2, -0.15) is 0 Å². The van der Waals surface area contributed by atoms with Gasteiger partial charge in [-0.3, -0.25) is 0 Å². The Morgan fingerprint density at radius 2 is 1.67 bits per heavy atom. The Morgan fingerprint density at radius 1 is 0.889 bits per heavy atom. The number of nitrogens with one attached hydrogen (secondary N) is 1. The molecule has 2 aromatic carbocycles. The zero-order chi connectivity index (χ0) is 18.6. The molecule has 1 N–H and O–H groups in total. The van der Waals surface area contributed by atoms with Gasteiger partial charge in [0.2, 0.25) is 0 Å². The second-order valence-corrected chi connectivity index (χ2v) is 7.18. The van der Waals surface area contributed by atoms with Gasteiger partial charge in [-0.15, -0.1) is 11.3 Å². The highest BCUT2D eigenvalue weighted by molar-refractivity contribution is 7.13. The molecule has 0 saturated carbocycles. The van der Waals surface area contributed by atoms with E-state index in [0.717, 1.165) is 46.2 Å². The Balaban J connectivity index is 1.71. The van der Waals surface area contributed by atoms with Crippen LogP contribution in [0.4, 0.5) is 17.2 Å². The fourth-order valence-electron chi connectivity index (χ4n) is 3.17. The van der Waals surface area contributed by atoms with Gasteiger partial charge in [0.15, 0.2) is 5.82 Å². The minimum atomic E-state index is 0.756. The first-order valence-electron chi connectivity index (χ1n) is 9.21. The number of aromatic nitrogens is 2. The van der Waals surface area contributed by atoms with Crippen molar-refractivity contribution in [2.24, 2.45) is 0 Å². The van der Waals surface area contributed by atoms with Gasteiger partial charge < -0.3 is 10.2 Å². The maximum Gasteiger partial charge on any atom is 0.172 e. The molecule has 2 aromatic heterocycles. The Hall–Kier alpha value is -2.92. The van der Waals surface area contributed by atoms with Crippen LogP contribution in [-0.4, -0.2) is 23.1 Å². The predicted octanol–water partition coefficient (Wildman–Crippen LogP) is 5.95. The largest absolute Gasteiger partial charge is 0.372 e. The predicted molar refractivity (Wildman–Crippen MR) is 116 cm³/mol. The molecule has 136 valence electrons. The minimum absolute atomic E-state index is 0.756. The first kappa shape index (κ1) is 17.5. The maximum atomic E-state index is 4.81. The van der Waals surface area contributed by atoms with Crippen LogP contribution in [-0.2, 0) is 0 Å². The summed E-state index contributed by atoms with van der Waals surface area (Å²) in [4.78, 5) is 12.9. The lowest BCUT2D eigenvalue weighted by atomic mass is 10.2. The van der Waals surface area contributed by atoms with E-state index >= 15 is 0 Å². The van der Waals surface area contributed by atoms with Gasteiger partial charge >= 0.3 is 0 Å². The second kappa shape index (κ2) is 7.76. The molecule has 0 aliphatic heterocycles. The lowest BCUT2D eigenvalue weighted by Gasteiger charge is -2.21. The first-order valence-corrected chi connectivity index (χ1v) is 10.1. The van der Waals surface area contributed by atoms with Gasteiger partial charge in [0.25, 0.3) is 0 Å². The van der Waals surface area contributed by atoms with Crippen LogP contribution < -0.4 is 10.2 Å². The third kappa shape index (κ3) is 3.64. The van der Waals surface area contributed by atoms with E-state index in [9.17, 15) is 0 Å². The van der Waals surface area contributed by atoms with E-state index in [2.05, 4.69) is 60.5 Å². The molecule has 27 heavy (non-hydrogen) atoms. The monoisotopic (exact) mass is 374 g/mol. The quantitative estimate of drug-likeness (QED) is 0.453. The molecule has 4 aromatic rings. The van der Waals surface area contributed by atoms with Gasteiger partial charge in [0.05, 0.1) is 10.4 Å². The summed E-state index contributed by atoms with van der Waals surface area (Å²) in [6.45, 7) is 6.36. The normalized spacial score (nSPS) is 10.9. The van der Waals surface area contributed by atoms with Gasteiger partial charge in [-0.1, -0.05) is 18.2 Å². The number of hydrogen-bond donors (Lipinski definition) is 1. The summed E-state index contributed by atoms with van der Waals surface area (Å²) in [7, 11) is 0. The van der Waals surface area contributed by atoms with Crippen molar-refractivity contribution in [2.45, 2.75) is 13.8 Å². The van der Waals surface area contributed by atoms with E-state index in [4.69, 9.17) is 9.97 Å². The summed E-state index contributed by atoms with van der Waals surface area (Å²) in [5, 5.41) is 6.55. The van der Waals surface area contributed by atoms with Crippen molar-refractivity contribution in [3.63, 3.8) is 0 Å². The zero-order valence-electron chi connectivity index (χ0n) is 15.5. The number of para-hydroxylation sites is 1. The first-order chi connectivity index (χ1) is 13.3. The van der Waals surface area contributed by atoms with Gasteiger partial charge in [-0.25, -0.2) is 9.97 Å². The number of nitrogens with zero attached hydrogens (tertiary/aromatic N) is 3. The van der Waals surface area contributed by atoms with Crippen LogP contribution in [0.25, 0.3) is 21.6 Å². The molecule has 4 rings (SSSR count). The van der Waals surface area contributed by atoms with Crippen LogP contribution in [0.1, 0.15) is 13.8 Å². The lowest BCUT2D eigenvalue weighted by Crippen LogP contribution is -2.21. The third-order valence-electron chi connectivity index (χ3n) is 4.60. The van der Waals surface area contributed by atoms with Crippen molar-refractivity contribution in [3.8, 4) is 10.7 Å². The van der Waals surface area contributed by atoms with Crippen LogP contribution in [0.5, 0.6) is 0 Å². The molecule has 0 atom stereocenters. The minimum Gasteiger partial charge on any atom is -0.372 e. The molecule has 5 heteroatoms. The van der Waals surface area contributed by atoms with Crippen LogP contribution in [0.2, 0.25) is 0 Å². The zero-order valence-corrected chi connectivity index (χ0v) is 16.3. The third-order valence-corrected chi connectivity index (χ3v) is 5.47. The molecule has 0 radical (unpaired) electrons. The average Bonchev–Trinajstić information content (AvgIpc) is 3.25. The highest BCUT2D eigenvalue weighted by atomic mass is 32.1. The molecule has 0 amide bonds. The van der Waals surface area contributed by atoms with Gasteiger partial charge in [-0.05, 0) is 61.7 Å². The van der Waals surface area contributed by atoms with Gasteiger partial charge in [0.1, 0.15) is 5.82 Å². The smallest absolute Gasteiger partial charge is 0.172 e. The molecule has 0 bridgehead atoms. The summed E-state index contributed by atoms with van der Waals surface area (Å²) in [5.74, 6) is 1.59. The van der Waals surface area contributed by atoms with Crippen molar-refractivity contribution < 1.29 is 0 Å². The highest BCUT2D eigenvalue weighted by Gasteiger charge is 2.10. The van der Waals surface area contributed by atoms with Gasteiger partial charge in [0, 0.05) is 29.9 Å². The second-order valence-electron chi connectivity index (χ2n) is 6.23. The lowest BCUT2D eigenvalue weighted by molar-refractivity contribution is 0.866. The van der Waals surface area contributed by atoms with Crippen LogP contribution in [0.15, 0.2) is 66.0 Å². The Kier molecular flexibility index (Phi) is 5.03. The molecule has 0 fully saturated rings. The molecule has 0 aliphatic carbocycles. The molecule has 0 spiro atoms. The van der Waals surface area contributed by atoms with E-state index in [1.54, 1.807) is 11.3 Å². The summed E-state index contributed by atoms with van der Waals surface area (Å²) in [6, 6.07) is 20.7. The Bertz CT molecular complexity index is 1020. The molecule has 0 aliphatic rings. The van der Waals surface area contributed by atoms with Crippen molar-refractivity contribution in [1.82, 2.24) is 9.97 Å². The topological polar surface area (TPSA) is 41.0 Å². The molecule has 0 saturated heterocycles. The van der Waals surface area contributed by atoms with Crippen LogP contribution in [0, 0.1) is 0 Å². The summed E-state index contributed by atoms with van der Waals surface area (Å²) in [5.41, 5.74) is 3.20. The number of fused-ring (bicyclic) bond motifs is 1. The summed E-state index contributed by atoms with van der Waals surface area (Å²) < 4.78 is 0. The van der Waals surface area contributed by atoms with Crippen molar-refractivity contribution >= 4 is 39.4 Å². The SMILES string of the molecule is CCN(CC)c1ccc(Nc2nc(-c3cccs3)nc3ccccc23)cc1. The van der Waals surface area contributed by atoms with Crippen molar-refractivity contribution in [1.29, 1.82) is 0 Å². The molecule has 2 heterocycles. The molecule has 4 nitrogen and oxygen atoms in total. The summed E-state index contributed by atoms with van der Waals surface area (Å²) in [6.07, 6.45) is 0. The fraction of sp³-hybridized carbons (Fsp3) is 0.182. The highest BCUT2D eigenvalue weighted by Crippen LogP contribution is 2.29. The molecule has 0 unspecified atom stereocenters. The Labute approximate surface area is 163 Å². The molecular formula is C22H22N4S.